The fourth-order valence-electron chi connectivity index (χ4n) is 2.57. The molecule has 1 aliphatic heterocycles. The van der Waals surface area contributed by atoms with E-state index in [9.17, 15) is 0 Å². The van der Waals surface area contributed by atoms with Gasteiger partial charge < -0.3 is 15.2 Å². The van der Waals surface area contributed by atoms with Gasteiger partial charge in [0.1, 0.15) is 5.75 Å². The van der Waals surface area contributed by atoms with Crippen molar-refractivity contribution in [3.05, 3.63) is 29.3 Å². The minimum Gasteiger partial charge on any atom is -0.496 e. The minimum atomic E-state index is 0.0767. The molecule has 0 aromatic heterocycles. The summed E-state index contributed by atoms with van der Waals surface area (Å²) in [6, 6.07) is 6.47. The summed E-state index contributed by atoms with van der Waals surface area (Å²) in [4.78, 5) is 0. The second kappa shape index (κ2) is 5.14. The molecule has 0 radical (unpaired) electrons. The van der Waals surface area contributed by atoms with E-state index >= 15 is 0 Å². The smallest absolute Gasteiger partial charge is 0.122 e. The van der Waals surface area contributed by atoms with Gasteiger partial charge in [-0.05, 0) is 29.0 Å². The van der Waals surface area contributed by atoms with Crippen molar-refractivity contribution >= 4 is 0 Å². The van der Waals surface area contributed by atoms with E-state index in [0.717, 1.165) is 25.4 Å². The van der Waals surface area contributed by atoms with Crippen LogP contribution in [0, 0.1) is 5.41 Å². The molecule has 19 heavy (non-hydrogen) atoms. The highest BCUT2D eigenvalue weighted by molar-refractivity contribution is 5.42. The molecule has 106 valence electrons. The van der Waals surface area contributed by atoms with Crippen LogP contribution in [0.3, 0.4) is 0 Å². The lowest BCUT2D eigenvalue weighted by Gasteiger charge is -2.41. The summed E-state index contributed by atoms with van der Waals surface area (Å²) < 4.78 is 10.8. The van der Waals surface area contributed by atoms with Crippen molar-refractivity contribution in [1.29, 1.82) is 0 Å². The van der Waals surface area contributed by atoms with Crippen LogP contribution in [-0.4, -0.2) is 26.9 Å². The summed E-state index contributed by atoms with van der Waals surface area (Å²) in [5, 5.41) is 0. The van der Waals surface area contributed by atoms with Gasteiger partial charge in [-0.15, -0.1) is 0 Å². The van der Waals surface area contributed by atoms with Gasteiger partial charge in [-0.25, -0.2) is 0 Å². The number of hydrogen-bond acceptors (Lipinski definition) is 3. The molecule has 0 bridgehead atoms. The lowest BCUT2D eigenvalue weighted by atomic mass is 9.78. The van der Waals surface area contributed by atoms with Gasteiger partial charge >= 0.3 is 0 Å². The molecule has 0 saturated carbocycles. The Morgan fingerprint density at radius 3 is 2.42 bits per heavy atom. The first-order valence-electron chi connectivity index (χ1n) is 6.85. The van der Waals surface area contributed by atoms with E-state index in [4.69, 9.17) is 15.2 Å². The summed E-state index contributed by atoms with van der Waals surface area (Å²) >= 11 is 0. The van der Waals surface area contributed by atoms with Gasteiger partial charge in [-0.1, -0.05) is 32.9 Å². The molecular formula is C16H25NO2. The van der Waals surface area contributed by atoms with Crippen molar-refractivity contribution < 1.29 is 9.47 Å². The molecule has 2 rings (SSSR count). The fraction of sp³-hybridized carbons (Fsp3) is 0.625. The number of hydrogen-bond donors (Lipinski definition) is 1. The van der Waals surface area contributed by atoms with Gasteiger partial charge in [-0.2, -0.15) is 0 Å². The molecule has 1 aromatic carbocycles. The second-order valence-electron chi connectivity index (χ2n) is 6.66. The predicted octanol–water partition coefficient (Wildman–Crippen LogP) is 2.51. The normalized spacial score (nSPS) is 17.9. The lowest BCUT2D eigenvalue weighted by molar-refractivity contribution is -0.106. The van der Waals surface area contributed by atoms with Crippen LogP contribution in [-0.2, 0) is 16.6 Å². The Morgan fingerprint density at radius 2 is 2.00 bits per heavy atom. The molecule has 1 saturated heterocycles. The van der Waals surface area contributed by atoms with Crippen molar-refractivity contribution in [2.45, 2.75) is 32.6 Å². The van der Waals surface area contributed by atoms with E-state index in [2.05, 4.69) is 39.0 Å². The Morgan fingerprint density at radius 1 is 1.32 bits per heavy atom. The lowest BCUT2D eigenvalue weighted by Crippen LogP contribution is -2.49. The van der Waals surface area contributed by atoms with E-state index < -0.39 is 0 Å². The predicted molar refractivity (Wildman–Crippen MR) is 77.7 cm³/mol. The molecule has 2 N–H and O–H groups in total. The van der Waals surface area contributed by atoms with Crippen molar-refractivity contribution in [1.82, 2.24) is 0 Å². The zero-order valence-electron chi connectivity index (χ0n) is 12.5. The standard InChI is InChI=1S/C16H25NO2/c1-15(2,3)13-7-12(5-6-14(13)18-4)8-16(9-17)10-19-11-16/h5-7H,8-11,17H2,1-4H3. The summed E-state index contributed by atoms with van der Waals surface area (Å²) in [7, 11) is 1.73. The van der Waals surface area contributed by atoms with Crippen LogP contribution in [0.2, 0.25) is 0 Å². The molecule has 3 heteroatoms. The number of methoxy groups -OCH3 is 1. The molecule has 0 unspecified atom stereocenters. The highest BCUT2D eigenvalue weighted by Crippen LogP contribution is 2.35. The van der Waals surface area contributed by atoms with E-state index in [0.29, 0.717) is 6.54 Å². The van der Waals surface area contributed by atoms with Gasteiger partial charge in [-0.3, -0.25) is 0 Å². The quantitative estimate of drug-likeness (QED) is 0.908. The highest BCUT2D eigenvalue weighted by Gasteiger charge is 2.37. The Kier molecular flexibility index (Phi) is 3.88. The monoisotopic (exact) mass is 263 g/mol. The van der Waals surface area contributed by atoms with Crippen molar-refractivity contribution in [2.75, 3.05) is 26.9 Å². The number of rotatable bonds is 4. The average molecular weight is 263 g/mol. The molecule has 1 fully saturated rings. The highest BCUT2D eigenvalue weighted by atomic mass is 16.5. The van der Waals surface area contributed by atoms with Crippen LogP contribution in [0.4, 0.5) is 0 Å². The second-order valence-corrected chi connectivity index (χ2v) is 6.66. The van der Waals surface area contributed by atoms with Crippen LogP contribution in [0.5, 0.6) is 5.75 Å². The van der Waals surface area contributed by atoms with Crippen molar-refractivity contribution in [3.8, 4) is 5.75 Å². The number of benzene rings is 1. The van der Waals surface area contributed by atoms with Gasteiger partial charge in [0.2, 0.25) is 0 Å². The molecule has 1 aromatic rings. The maximum atomic E-state index is 5.89. The molecule has 0 aliphatic carbocycles. The maximum absolute atomic E-state index is 5.89. The largest absolute Gasteiger partial charge is 0.496 e. The van der Waals surface area contributed by atoms with Crippen molar-refractivity contribution in [2.24, 2.45) is 11.1 Å². The molecular weight excluding hydrogens is 238 g/mol. The summed E-state index contributed by atoms with van der Waals surface area (Å²) in [5.41, 5.74) is 8.68. The van der Waals surface area contributed by atoms with Gasteiger partial charge in [0.25, 0.3) is 0 Å². The van der Waals surface area contributed by atoms with Crippen LogP contribution in [0.15, 0.2) is 18.2 Å². The van der Waals surface area contributed by atoms with E-state index in [1.807, 2.05) is 0 Å². The third-order valence-corrected chi connectivity index (χ3v) is 3.90. The number of ether oxygens (including phenoxy) is 2. The third kappa shape index (κ3) is 2.93. The zero-order chi connectivity index (χ0) is 14.1. The first kappa shape index (κ1) is 14.4. The minimum absolute atomic E-state index is 0.0767. The summed E-state index contributed by atoms with van der Waals surface area (Å²) in [6.07, 6.45) is 0.983. The van der Waals surface area contributed by atoms with Crippen LogP contribution in [0.25, 0.3) is 0 Å². The van der Waals surface area contributed by atoms with E-state index in [1.165, 1.54) is 11.1 Å². The van der Waals surface area contributed by atoms with Crippen LogP contribution < -0.4 is 10.5 Å². The molecule has 1 heterocycles. The maximum Gasteiger partial charge on any atom is 0.122 e. The van der Waals surface area contributed by atoms with Crippen molar-refractivity contribution in [3.63, 3.8) is 0 Å². The molecule has 0 atom stereocenters. The third-order valence-electron chi connectivity index (χ3n) is 3.90. The van der Waals surface area contributed by atoms with E-state index in [-0.39, 0.29) is 10.8 Å². The zero-order valence-corrected chi connectivity index (χ0v) is 12.5. The van der Waals surface area contributed by atoms with Crippen LogP contribution in [0.1, 0.15) is 31.9 Å². The molecule has 1 aliphatic rings. The fourth-order valence-corrected chi connectivity index (χ4v) is 2.57. The Hall–Kier alpha value is -1.06. The van der Waals surface area contributed by atoms with Gasteiger partial charge in [0.05, 0.1) is 20.3 Å². The SMILES string of the molecule is COc1ccc(CC2(CN)COC2)cc1C(C)(C)C. The number of nitrogens with two attached hydrogens (primary N) is 1. The summed E-state index contributed by atoms with van der Waals surface area (Å²) in [5.74, 6) is 0.961. The molecule has 3 nitrogen and oxygen atoms in total. The first-order valence-corrected chi connectivity index (χ1v) is 6.85. The Labute approximate surface area is 116 Å². The Bertz CT molecular complexity index is 439. The van der Waals surface area contributed by atoms with Gasteiger partial charge in [0.15, 0.2) is 0 Å². The van der Waals surface area contributed by atoms with Gasteiger partial charge in [0, 0.05) is 12.0 Å². The van der Waals surface area contributed by atoms with E-state index in [1.54, 1.807) is 7.11 Å². The summed E-state index contributed by atoms with van der Waals surface area (Å²) in [6.45, 7) is 8.87. The van der Waals surface area contributed by atoms with Crippen LogP contribution >= 0.6 is 0 Å². The Balaban J connectivity index is 2.28. The molecule has 0 spiro atoms. The molecule has 0 amide bonds. The topological polar surface area (TPSA) is 44.5 Å². The first-order chi connectivity index (χ1) is 8.90. The average Bonchev–Trinajstić information content (AvgIpc) is 2.32.